The van der Waals surface area contributed by atoms with Crippen molar-refractivity contribution in [1.82, 2.24) is 20.3 Å². The van der Waals surface area contributed by atoms with Gasteiger partial charge in [0.1, 0.15) is 5.69 Å². The summed E-state index contributed by atoms with van der Waals surface area (Å²) in [6.07, 6.45) is 3.45. The quantitative estimate of drug-likeness (QED) is 0.878. The highest BCUT2D eigenvalue weighted by Gasteiger charge is 2.22. The molecule has 0 bridgehead atoms. The Morgan fingerprint density at radius 2 is 2.05 bits per heavy atom. The summed E-state index contributed by atoms with van der Waals surface area (Å²) in [6.45, 7) is 4.83. The van der Waals surface area contributed by atoms with Crippen LogP contribution in [0.1, 0.15) is 28.5 Å². The Morgan fingerprint density at radius 1 is 1.25 bits per heavy atom. The van der Waals surface area contributed by atoms with E-state index in [1.807, 2.05) is 20.0 Å². The first-order valence-electron chi connectivity index (χ1n) is 6.30. The van der Waals surface area contributed by atoms with Crippen LogP contribution in [-0.4, -0.2) is 35.7 Å². The van der Waals surface area contributed by atoms with Crippen LogP contribution in [0.4, 0.5) is 0 Å². The monoisotopic (exact) mass is 294 g/mol. The third kappa shape index (κ3) is 3.05. The van der Waals surface area contributed by atoms with Crippen molar-refractivity contribution < 1.29 is 9.47 Å². The standard InChI is InChI=1S/C13H18N4O2S/c1-5-14-11(9-6-15-8(2)20-9)12-13(19-4)17-10(18-3)7-16-12/h6-7,11,14H,5H2,1-4H3. The molecular formula is C13H18N4O2S. The van der Waals surface area contributed by atoms with E-state index in [1.165, 1.54) is 0 Å². The van der Waals surface area contributed by atoms with Gasteiger partial charge >= 0.3 is 0 Å². The number of hydrogen-bond donors (Lipinski definition) is 1. The Labute approximate surface area is 122 Å². The molecule has 0 amide bonds. The average Bonchev–Trinajstić information content (AvgIpc) is 2.90. The summed E-state index contributed by atoms with van der Waals surface area (Å²) in [5.74, 6) is 0.891. The first kappa shape index (κ1) is 14.7. The molecule has 0 radical (unpaired) electrons. The molecule has 2 heterocycles. The fraction of sp³-hybridized carbons (Fsp3) is 0.462. The number of methoxy groups -OCH3 is 2. The van der Waals surface area contributed by atoms with E-state index in [9.17, 15) is 0 Å². The molecule has 0 saturated heterocycles. The molecule has 0 aliphatic heterocycles. The van der Waals surface area contributed by atoms with Crippen LogP contribution in [0.15, 0.2) is 12.4 Å². The van der Waals surface area contributed by atoms with Gasteiger partial charge in [-0.15, -0.1) is 11.3 Å². The molecule has 0 aromatic carbocycles. The smallest absolute Gasteiger partial charge is 0.240 e. The van der Waals surface area contributed by atoms with Crippen LogP contribution in [0, 0.1) is 6.92 Å². The van der Waals surface area contributed by atoms with E-state index in [2.05, 4.69) is 20.3 Å². The summed E-state index contributed by atoms with van der Waals surface area (Å²) >= 11 is 1.63. The van der Waals surface area contributed by atoms with Crippen molar-refractivity contribution in [2.75, 3.05) is 20.8 Å². The van der Waals surface area contributed by atoms with Gasteiger partial charge in [-0.05, 0) is 13.5 Å². The van der Waals surface area contributed by atoms with Crippen molar-refractivity contribution in [3.63, 3.8) is 0 Å². The molecule has 0 aliphatic carbocycles. The van der Waals surface area contributed by atoms with Gasteiger partial charge in [-0.2, -0.15) is 4.98 Å². The molecule has 1 unspecified atom stereocenters. The van der Waals surface area contributed by atoms with Crippen LogP contribution in [0.3, 0.4) is 0 Å². The fourth-order valence-electron chi connectivity index (χ4n) is 1.86. The van der Waals surface area contributed by atoms with E-state index in [0.717, 1.165) is 22.1 Å². The van der Waals surface area contributed by atoms with E-state index >= 15 is 0 Å². The average molecular weight is 294 g/mol. The Balaban J connectivity index is 2.43. The lowest BCUT2D eigenvalue weighted by atomic mass is 10.2. The van der Waals surface area contributed by atoms with Crippen molar-refractivity contribution in [3.05, 3.63) is 28.0 Å². The van der Waals surface area contributed by atoms with Gasteiger partial charge in [-0.1, -0.05) is 6.92 Å². The van der Waals surface area contributed by atoms with Crippen LogP contribution in [0.5, 0.6) is 11.8 Å². The number of hydrogen-bond acceptors (Lipinski definition) is 7. The van der Waals surface area contributed by atoms with Gasteiger partial charge in [-0.3, -0.25) is 0 Å². The normalized spacial score (nSPS) is 12.2. The van der Waals surface area contributed by atoms with E-state index in [1.54, 1.807) is 31.8 Å². The third-order valence-corrected chi connectivity index (χ3v) is 3.73. The summed E-state index contributed by atoms with van der Waals surface area (Å²) in [5, 5.41) is 4.40. The van der Waals surface area contributed by atoms with Crippen molar-refractivity contribution in [1.29, 1.82) is 0 Å². The van der Waals surface area contributed by atoms with Gasteiger partial charge in [0, 0.05) is 11.1 Å². The zero-order valence-electron chi connectivity index (χ0n) is 12.0. The number of aromatic nitrogens is 3. The molecule has 0 aliphatic rings. The summed E-state index contributed by atoms with van der Waals surface area (Å²) in [6, 6.07) is -0.0837. The number of ether oxygens (including phenoxy) is 2. The number of nitrogens with one attached hydrogen (secondary N) is 1. The van der Waals surface area contributed by atoms with Gasteiger partial charge in [0.25, 0.3) is 0 Å². The zero-order chi connectivity index (χ0) is 14.5. The molecule has 7 heteroatoms. The number of thiazole rings is 1. The molecule has 2 aromatic heterocycles. The van der Waals surface area contributed by atoms with Crippen molar-refractivity contribution in [2.45, 2.75) is 19.9 Å². The molecule has 1 N–H and O–H groups in total. The van der Waals surface area contributed by atoms with E-state index in [0.29, 0.717) is 11.8 Å². The minimum Gasteiger partial charge on any atom is -0.480 e. The van der Waals surface area contributed by atoms with E-state index in [-0.39, 0.29) is 6.04 Å². The lowest BCUT2D eigenvalue weighted by Crippen LogP contribution is -2.23. The Kier molecular flexibility index (Phi) is 4.86. The molecule has 1 atom stereocenters. The van der Waals surface area contributed by atoms with E-state index in [4.69, 9.17) is 9.47 Å². The summed E-state index contributed by atoms with van der Waals surface area (Å²) < 4.78 is 10.4. The molecule has 0 spiro atoms. The minimum atomic E-state index is -0.0837. The van der Waals surface area contributed by atoms with Gasteiger partial charge < -0.3 is 14.8 Å². The molecule has 108 valence electrons. The Bertz CT molecular complexity index is 573. The van der Waals surface area contributed by atoms with Crippen LogP contribution < -0.4 is 14.8 Å². The predicted molar refractivity (Wildman–Crippen MR) is 77.5 cm³/mol. The second-order valence-electron chi connectivity index (χ2n) is 4.08. The van der Waals surface area contributed by atoms with Gasteiger partial charge in [0.05, 0.1) is 31.5 Å². The third-order valence-electron chi connectivity index (χ3n) is 2.75. The summed E-state index contributed by atoms with van der Waals surface area (Å²) in [4.78, 5) is 14.1. The minimum absolute atomic E-state index is 0.0837. The highest BCUT2D eigenvalue weighted by molar-refractivity contribution is 7.11. The van der Waals surface area contributed by atoms with Gasteiger partial charge in [0.2, 0.25) is 11.8 Å². The largest absolute Gasteiger partial charge is 0.480 e. The van der Waals surface area contributed by atoms with Gasteiger partial charge in [-0.25, -0.2) is 9.97 Å². The van der Waals surface area contributed by atoms with Crippen LogP contribution in [0.25, 0.3) is 0 Å². The van der Waals surface area contributed by atoms with Crippen LogP contribution in [0.2, 0.25) is 0 Å². The Morgan fingerprint density at radius 3 is 2.60 bits per heavy atom. The van der Waals surface area contributed by atoms with Crippen molar-refractivity contribution in [2.24, 2.45) is 0 Å². The maximum Gasteiger partial charge on any atom is 0.240 e. The molecule has 0 saturated carbocycles. The first-order chi connectivity index (χ1) is 9.69. The SMILES string of the molecule is CCNC(c1cnc(C)s1)c1ncc(OC)nc1OC. The number of rotatable bonds is 6. The molecule has 20 heavy (non-hydrogen) atoms. The molecular weight excluding hydrogens is 276 g/mol. The molecule has 6 nitrogen and oxygen atoms in total. The highest BCUT2D eigenvalue weighted by Crippen LogP contribution is 2.31. The molecule has 0 fully saturated rings. The molecule has 2 aromatic rings. The maximum atomic E-state index is 5.33. The predicted octanol–water partition coefficient (Wildman–Crippen LogP) is 1.96. The topological polar surface area (TPSA) is 69.2 Å². The lowest BCUT2D eigenvalue weighted by Gasteiger charge is -2.17. The summed E-state index contributed by atoms with van der Waals surface area (Å²) in [7, 11) is 3.13. The lowest BCUT2D eigenvalue weighted by molar-refractivity contribution is 0.353. The second kappa shape index (κ2) is 6.62. The molecule has 2 rings (SSSR count). The zero-order valence-corrected chi connectivity index (χ0v) is 12.8. The first-order valence-corrected chi connectivity index (χ1v) is 7.11. The van der Waals surface area contributed by atoms with E-state index < -0.39 is 0 Å². The van der Waals surface area contributed by atoms with Crippen LogP contribution >= 0.6 is 11.3 Å². The fourth-order valence-corrected chi connectivity index (χ4v) is 2.72. The highest BCUT2D eigenvalue weighted by atomic mass is 32.1. The maximum absolute atomic E-state index is 5.33. The van der Waals surface area contributed by atoms with Gasteiger partial charge in [0.15, 0.2) is 0 Å². The van der Waals surface area contributed by atoms with Crippen molar-refractivity contribution in [3.8, 4) is 11.8 Å². The van der Waals surface area contributed by atoms with Crippen molar-refractivity contribution >= 4 is 11.3 Å². The summed E-state index contributed by atoms with van der Waals surface area (Å²) in [5.41, 5.74) is 0.735. The van der Waals surface area contributed by atoms with Crippen LogP contribution in [-0.2, 0) is 0 Å². The second-order valence-corrected chi connectivity index (χ2v) is 5.35. The number of aryl methyl sites for hydroxylation is 1. The Hall–Kier alpha value is -1.73. The number of nitrogens with zero attached hydrogens (tertiary/aromatic N) is 3.